The number of aryl methyl sites for hydroxylation is 2. The Kier molecular flexibility index (Phi) is 14.3. The molecule has 2 fully saturated rings. The van der Waals surface area contributed by atoms with Gasteiger partial charge in [0.05, 0.1) is 48.6 Å². The van der Waals surface area contributed by atoms with Crippen LogP contribution in [0.5, 0.6) is 5.75 Å². The largest absolute Gasteiger partial charge is 0.495 e. The molecule has 2 aliphatic rings. The zero-order chi connectivity index (χ0) is 46.6. The first-order valence-corrected chi connectivity index (χ1v) is 26.4. The number of aromatic nitrogens is 4. The van der Waals surface area contributed by atoms with Gasteiger partial charge in [-0.1, -0.05) is 78.9 Å². The van der Waals surface area contributed by atoms with Crippen LogP contribution in [0.4, 0.5) is 0 Å². The molecule has 0 aliphatic carbocycles. The number of Topliss-reactive ketones (excluding diaryl/α,β-unsaturated/α-hetero) is 1. The topological polar surface area (TPSA) is 85.5 Å². The van der Waals surface area contributed by atoms with E-state index in [2.05, 4.69) is 89.5 Å². The van der Waals surface area contributed by atoms with Crippen molar-refractivity contribution in [3.63, 3.8) is 0 Å². The van der Waals surface area contributed by atoms with E-state index in [9.17, 15) is 9.59 Å². The zero-order valence-corrected chi connectivity index (χ0v) is 42.0. The summed E-state index contributed by atoms with van der Waals surface area (Å²) in [7, 11) is 1.69. The van der Waals surface area contributed by atoms with Gasteiger partial charge in [0, 0.05) is 69.3 Å². The number of benzene rings is 5. The molecule has 9 nitrogen and oxygen atoms in total. The number of likely N-dealkylation sites (tertiary alicyclic amines) is 2. The summed E-state index contributed by atoms with van der Waals surface area (Å²) in [5, 5.41) is 4.59. The van der Waals surface area contributed by atoms with Gasteiger partial charge in [-0.3, -0.25) is 9.59 Å². The van der Waals surface area contributed by atoms with E-state index in [0.29, 0.717) is 17.4 Å². The predicted octanol–water partition coefficient (Wildman–Crippen LogP) is 13.2. The van der Waals surface area contributed by atoms with E-state index in [1.165, 1.54) is 32.3 Å². The fourth-order valence-electron chi connectivity index (χ4n) is 10.2. The van der Waals surface area contributed by atoms with Gasteiger partial charge in [-0.2, -0.15) is 0 Å². The quantitative estimate of drug-likeness (QED) is 0.100. The Labute approximate surface area is 414 Å². The second-order valence-corrected chi connectivity index (χ2v) is 21.2. The summed E-state index contributed by atoms with van der Waals surface area (Å²) < 4.78 is 13.8. The number of thiazole rings is 2. The van der Waals surface area contributed by atoms with Crippen LogP contribution in [0.3, 0.4) is 0 Å². The maximum atomic E-state index is 13.3. The Balaban J connectivity index is 0.000000161. The van der Waals surface area contributed by atoms with Gasteiger partial charge in [-0.05, 0) is 137 Å². The summed E-state index contributed by atoms with van der Waals surface area (Å²) in [6.07, 6.45) is 10.8. The number of fused-ring (bicyclic) bond motifs is 4. The number of hydrogen-bond acceptors (Lipinski definition) is 9. The van der Waals surface area contributed by atoms with Crippen LogP contribution in [0, 0.1) is 0 Å². The lowest BCUT2D eigenvalue weighted by Crippen LogP contribution is -2.34. The number of carbonyl (C=O) groups is 2. The lowest BCUT2D eigenvalue weighted by atomic mass is 9.97. The first-order chi connectivity index (χ1) is 33.3. The summed E-state index contributed by atoms with van der Waals surface area (Å²) in [6.45, 7) is 10.0. The van der Waals surface area contributed by atoms with Gasteiger partial charge in [-0.25, -0.2) is 9.97 Å². The summed E-state index contributed by atoms with van der Waals surface area (Å²) in [5.74, 6) is 2.14. The summed E-state index contributed by atoms with van der Waals surface area (Å²) in [6, 6.07) is 38.5. The summed E-state index contributed by atoms with van der Waals surface area (Å²) in [4.78, 5) is 40.3. The van der Waals surface area contributed by atoms with Crippen LogP contribution in [-0.2, 0) is 13.1 Å². The summed E-state index contributed by atoms with van der Waals surface area (Å²) in [5.41, 5.74) is 6.65. The van der Waals surface area contributed by atoms with E-state index in [4.69, 9.17) is 14.7 Å². The van der Waals surface area contributed by atoms with Gasteiger partial charge >= 0.3 is 0 Å². The molecular weight excluding hydrogens is 949 g/mol. The minimum absolute atomic E-state index is 0.0505. The second-order valence-electron chi connectivity index (χ2n) is 18.2. The van der Waals surface area contributed by atoms with Gasteiger partial charge in [0.25, 0.3) is 0 Å². The van der Waals surface area contributed by atoms with Crippen molar-refractivity contribution < 1.29 is 14.3 Å². The number of methoxy groups -OCH3 is 1. The Morgan fingerprint density at radius 3 is 1.65 bits per heavy atom. The Morgan fingerprint density at radius 2 is 1.10 bits per heavy atom. The Morgan fingerprint density at radius 1 is 0.603 bits per heavy atom. The molecule has 6 heterocycles. The van der Waals surface area contributed by atoms with Crippen LogP contribution >= 0.6 is 38.6 Å². The SMILES string of the molecule is CC(=O)c1cn(CCCN2CCC(c3nc4ccccc4s3)CC2)c2c(Br)cccc12.COc1cccc2c(C(=O)c3ccccc3)cn(CCCN3CCC(c4nc5ccccc5s4)CC3)c12. The standard InChI is InChI=1S/C31H31N3O2S.C25H26BrN3OS/c1-36-27-13-7-11-24-25(30(35)22-9-3-2-4-10-22)21-34(29(24)27)18-8-17-33-19-15-23(16-20-33)31-32-26-12-5-6-14-28(26)37-31;1-17(30)20-16-29(24-19(20)6-4-7-21(24)26)13-5-12-28-14-10-18(11-15-28)25-27-22-8-2-3-9-23(22)31-25/h2-7,9-14,21,23H,8,15-20H2,1H3;2-4,6-9,16,18H,5,10-15H2,1H3. The van der Waals surface area contributed by atoms with Crippen LogP contribution in [0.2, 0.25) is 0 Å². The predicted molar refractivity (Wildman–Crippen MR) is 283 cm³/mol. The van der Waals surface area contributed by atoms with Gasteiger partial charge in [0.15, 0.2) is 11.6 Å². The molecule has 2 aliphatic heterocycles. The van der Waals surface area contributed by atoms with Crippen LogP contribution in [0.25, 0.3) is 42.2 Å². The number of carbonyl (C=O) groups excluding carboxylic acids is 2. The lowest BCUT2D eigenvalue weighted by Gasteiger charge is -2.31. The highest BCUT2D eigenvalue weighted by Crippen LogP contribution is 2.37. The molecule has 9 aromatic rings. The van der Waals surface area contributed by atoms with Gasteiger partial charge in [0.1, 0.15) is 5.75 Å². The monoisotopic (exact) mass is 1000 g/mol. The molecular formula is C56H57BrN6O3S2. The van der Waals surface area contributed by atoms with Crippen LogP contribution in [0.1, 0.15) is 93.6 Å². The highest BCUT2D eigenvalue weighted by Gasteiger charge is 2.26. The maximum Gasteiger partial charge on any atom is 0.195 e. The van der Waals surface area contributed by atoms with Crippen LogP contribution in [0.15, 0.2) is 132 Å². The molecule has 0 amide bonds. The average molecular weight is 1010 g/mol. The normalized spacial score (nSPS) is 15.3. The number of ketones is 2. The van der Waals surface area contributed by atoms with E-state index in [-0.39, 0.29) is 11.6 Å². The van der Waals surface area contributed by atoms with Crippen molar-refractivity contribution in [3.05, 3.63) is 159 Å². The average Bonchev–Trinajstić information content (AvgIpc) is 4.18. The maximum absolute atomic E-state index is 13.3. The van der Waals surface area contributed by atoms with Crippen molar-refractivity contribution >= 4 is 92.4 Å². The third-order valence-corrected chi connectivity index (χ3v) is 16.9. The van der Waals surface area contributed by atoms with E-state index in [1.54, 1.807) is 14.0 Å². The molecule has 0 atom stereocenters. The van der Waals surface area contributed by atoms with Crippen molar-refractivity contribution in [3.8, 4) is 5.75 Å². The van der Waals surface area contributed by atoms with Crippen molar-refractivity contribution in [2.24, 2.45) is 0 Å². The molecule has 0 bridgehead atoms. The fraction of sp³-hybridized carbons (Fsp3) is 0.321. The lowest BCUT2D eigenvalue weighted by molar-refractivity contribution is 0.101. The van der Waals surface area contributed by atoms with E-state index >= 15 is 0 Å². The van der Waals surface area contributed by atoms with Gasteiger partial charge < -0.3 is 23.7 Å². The number of rotatable bonds is 14. The molecule has 348 valence electrons. The zero-order valence-electron chi connectivity index (χ0n) is 38.8. The highest BCUT2D eigenvalue weighted by molar-refractivity contribution is 9.10. The number of ether oxygens (including phenoxy) is 1. The first-order valence-electron chi connectivity index (χ1n) is 24.0. The Hall–Kier alpha value is -5.50. The van der Waals surface area contributed by atoms with Crippen LogP contribution < -0.4 is 4.74 Å². The molecule has 4 aromatic heterocycles. The third kappa shape index (κ3) is 9.98. The molecule has 11 rings (SSSR count). The number of piperidine rings is 2. The molecule has 0 saturated carbocycles. The highest BCUT2D eigenvalue weighted by atomic mass is 79.9. The number of para-hydroxylation sites is 4. The molecule has 0 radical (unpaired) electrons. The fourth-order valence-corrected chi connectivity index (χ4v) is 13.1. The molecule has 2 saturated heterocycles. The molecule has 0 spiro atoms. The van der Waals surface area contributed by atoms with Crippen LogP contribution in [-0.4, -0.2) is 86.8 Å². The Bertz CT molecular complexity index is 3130. The minimum atomic E-state index is 0.0505. The first kappa shape index (κ1) is 46.2. The van der Waals surface area contributed by atoms with Gasteiger partial charge in [0.2, 0.25) is 0 Å². The molecule has 0 N–H and O–H groups in total. The van der Waals surface area contributed by atoms with Crippen molar-refractivity contribution in [1.82, 2.24) is 28.9 Å². The molecule has 68 heavy (non-hydrogen) atoms. The van der Waals surface area contributed by atoms with Crippen molar-refractivity contribution in [2.75, 3.05) is 46.4 Å². The smallest absolute Gasteiger partial charge is 0.195 e. The number of halogens is 1. The van der Waals surface area contributed by atoms with E-state index in [1.807, 2.05) is 95.7 Å². The third-order valence-electron chi connectivity index (χ3n) is 13.8. The summed E-state index contributed by atoms with van der Waals surface area (Å²) >= 11 is 7.39. The van der Waals surface area contributed by atoms with Gasteiger partial charge in [-0.15, -0.1) is 22.7 Å². The second kappa shape index (κ2) is 21.0. The van der Waals surface area contributed by atoms with E-state index < -0.39 is 0 Å². The van der Waals surface area contributed by atoms with E-state index in [0.717, 1.165) is 132 Å². The molecule has 0 unspecified atom stereocenters. The number of hydrogen-bond donors (Lipinski definition) is 0. The van der Waals surface area contributed by atoms with Crippen molar-refractivity contribution in [2.45, 2.75) is 70.4 Å². The minimum Gasteiger partial charge on any atom is -0.495 e. The van der Waals surface area contributed by atoms with Crippen molar-refractivity contribution in [1.29, 1.82) is 0 Å². The molecule has 5 aromatic carbocycles. The molecule has 12 heteroatoms. The number of nitrogens with zero attached hydrogens (tertiary/aromatic N) is 6.